The molecule has 0 radical (unpaired) electrons. The molecule has 0 aliphatic carbocycles. The summed E-state index contributed by atoms with van der Waals surface area (Å²) in [5, 5.41) is 0.164. The maximum atomic E-state index is 12.4. The number of carbonyl (C=O) groups is 3. The molecule has 29 heavy (non-hydrogen) atoms. The fourth-order valence-electron chi connectivity index (χ4n) is 2.56. The maximum absolute atomic E-state index is 12.4. The third kappa shape index (κ3) is 5.62. The van der Waals surface area contributed by atoms with Crippen LogP contribution < -0.4 is 4.74 Å². The number of rotatable bonds is 7. The van der Waals surface area contributed by atoms with Crippen molar-refractivity contribution in [3.8, 4) is 5.75 Å². The smallest absolute Gasteiger partial charge is 0.326 e. The average Bonchev–Trinajstić information content (AvgIpc) is 2.95. The van der Waals surface area contributed by atoms with E-state index in [-0.39, 0.29) is 18.1 Å². The second-order valence-corrected chi connectivity index (χ2v) is 7.49. The third-order valence-electron chi connectivity index (χ3n) is 3.94. The van der Waals surface area contributed by atoms with Crippen LogP contribution in [0.25, 0.3) is 6.08 Å². The molecular weight excluding hydrogens is 414 g/mol. The first-order valence-electron chi connectivity index (χ1n) is 8.84. The fraction of sp³-hybridized carbons (Fsp3) is 0.190. The number of halogens is 1. The van der Waals surface area contributed by atoms with E-state index < -0.39 is 17.1 Å². The number of carbonyl (C=O) groups excluding carboxylic acids is 3. The van der Waals surface area contributed by atoms with Gasteiger partial charge in [-0.15, -0.1) is 0 Å². The van der Waals surface area contributed by atoms with Crippen molar-refractivity contribution in [2.75, 3.05) is 13.2 Å². The van der Waals surface area contributed by atoms with Gasteiger partial charge in [-0.1, -0.05) is 35.9 Å². The van der Waals surface area contributed by atoms with E-state index in [1.807, 2.05) is 12.1 Å². The van der Waals surface area contributed by atoms with Gasteiger partial charge in [-0.2, -0.15) is 0 Å². The molecule has 0 aromatic heterocycles. The summed E-state index contributed by atoms with van der Waals surface area (Å²) in [5.74, 6) is -0.506. The molecule has 2 aromatic rings. The van der Waals surface area contributed by atoms with E-state index in [9.17, 15) is 14.4 Å². The first kappa shape index (κ1) is 21.0. The van der Waals surface area contributed by atoms with Gasteiger partial charge in [-0.25, -0.2) is 0 Å². The van der Waals surface area contributed by atoms with Crippen LogP contribution in [0.4, 0.5) is 4.79 Å². The molecule has 0 saturated carbocycles. The van der Waals surface area contributed by atoms with Gasteiger partial charge in [0.1, 0.15) is 18.9 Å². The van der Waals surface area contributed by atoms with Gasteiger partial charge in [0.05, 0.1) is 11.5 Å². The molecule has 1 saturated heterocycles. The molecule has 3 rings (SSSR count). The summed E-state index contributed by atoms with van der Waals surface area (Å²) in [6.07, 6.45) is 1.60. The van der Waals surface area contributed by atoms with Crippen molar-refractivity contribution >= 4 is 46.6 Å². The van der Waals surface area contributed by atoms with E-state index in [0.29, 0.717) is 22.9 Å². The van der Waals surface area contributed by atoms with Crippen LogP contribution in [-0.4, -0.2) is 35.2 Å². The van der Waals surface area contributed by atoms with Gasteiger partial charge in [0.25, 0.3) is 11.1 Å². The van der Waals surface area contributed by atoms with E-state index in [1.165, 1.54) is 0 Å². The van der Waals surface area contributed by atoms with E-state index in [0.717, 1.165) is 22.2 Å². The lowest BCUT2D eigenvalue weighted by Gasteiger charge is -2.10. The Kier molecular flexibility index (Phi) is 6.95. The largest absolute Gasteiger partial charge is 0.489 e. The second-order valence-electron chi connectivity index (χ2n) is 6.06. The molecule has 6 nitrogen and oxygen atoms in total. The van der Waals surface area contributed by atoms with Gasteiger partial charge >= 0.3 is 5.97 Å². The minimum Gasteiger partial charge on any atom is -0.489 e. The number of amides is 2. The zero-order chi connectivity index (χ0) is 20.8. The number of hydrogen-bond donors (Lipinski definition) is 0. The Balaban J connectivity index is 1.67. The molecule has 150 valence electrons. The summed E-state index contributed by atoms with van der Waals surface area (Å²) in [6.45, 7) is 1.83. The predicted molar refractivity (Wildman–Crippen MR) is 112 cm³/mol. The second kappa shape index (κ2) is 9.62. The first-order valence-corrected chi connectivity index (χ1v) is 10.0. The van der Waals surface area contributed by atoms with Crippen LogP contribution in [-0.2, 0) is 20.9 Å². The number of thioether (sulfide) groups is 1. The normalized spacial score (nSPS) is 15.1. The van der Waals surface area contributed by atoms with Crippen LogP contribution in [0.3, 0.4) is 0 Å². The molecular formula is C21H18ClNO5S. The lowest BCUT2D eigenvalue weighted by atomic mass is 10.2. The Labute approximate surface area is 177 Å². The number of imide groups is 1. The van der Waals surface area contributed by atoms with E-state index in [1.54, 1.807) is 49.4 Å². The van der Waals surface area contributed by atoms with Gasteiger partial charge in [0.2, 0.25) is 0 Å². The molecule has 0 N–H and O–H groups in total. The van der Waals surface area contributed by atoms with Crippen LogP contribution in [0, 0.1) is 0 Å². The van der Waals surface area contributed by atoms with Crippen molar-refractivity contribution < 1.29 is 23.9 Å². The number of nitrogens with zero attached hydrogens (tertiary/aromatic N) is 1. The Bertz CT molecular complexity index is 958. The highest BCUT2D eigenvalue weighted by Gasteiger charge is 2.36. The zero-order valence-corrected chi connectivity index (χ0v) is 17.2. The summed E-state index contributed by atoms with van der Waals surface area (Å²) in [4.78, 5) is 37.2. The summed E-state index contributed by atoms with van der Waals surface area (Å²) in [7, 11) is 0. The molecule has 2 amide bonds. The Morgan fingerprint density at radius 3 is 2.66 bits per heavy atom. The van der Waals surface area contributed by atoms with Gasteiger partial charge in [0, 0.05) is 5.02 Å². The van der Waals surface area contributed by atoms with E-state index >= 15 is 0 Å². The van der Waals surface area contributed by atoms with Gasteiger partial charge in [-0.05, 0) is 60.2 Å². The van der Waals surface area contributed by atoms with Crippen molar-refractivity contribution in [1.29, 1.82) is 0 Å². The van der Waals surface area contributed by atoms with Crippen molar-refractivity contribution in [1.82, 2.24) is 4.90 Å². The van der Waals surface area contributed by atoms with Crippen molar-refractivity contribution in [3.05, 3.63) is 69.6 Å². The number of ether oxygens (including phenoxy) is 2. The Morgan fingerprint density at radius 1 is 1.17 bits per heavy atom. The predicted octanol–water partition coefficient (Wildman–Crippen LogP) is 4.52. The maximum Gasteiger partial charge on any atom is 0.326 e. The van der Waals surface area contributed by atoms with Gasteiger partial charge in [-0.3, -0.25) is 19.3 Å². The highest BCUT2D eigenvalue weighted by molar-refractivity contribution is 8.18. The quantitative estimate of drug-likeness (QED) is 0.474. The molecule has 0 spiro atoms. The SMILES string of the molecule is CCOC(=O)CN1C(=O)S/C(=C\c2cccc(OCc3ccc(Cl)cc3)c2)C1=O. The van der Waals surface area contributed by atoms with Crippen molar-refractivity contribution in [2.24, 2.45) is 0 Å². The molecule has 1 heterocycles. The summed E-state index contributed by atoms with van der Waals surface area (Å²) in [6, 6.07) is 14.5. The molecule has 1 fully saturated rings. The third-order valence-corrected chi connectivity index (χ3v) is 5.10. The van der Waals surface area contributed by atoms with Gasteiger partial charge < -0.3 is 9.47 Å². The Hall–Kier alpha value is -2.77. The molecule has 1 aliphatic heterocycles. The molecule has 0 unspecified atom stereocenters. The van der Waals surface area contributed by atoms with E-state index in [4.69, 9.17) is 21.1 Å². The number of benzene rings is 2. The molecule has 2 aromatic carbocycles. The summed E-state index contributed by atoms with van der Waals surface area (Å²) >= 11 is 6.67. The summed E-state index contributed by atoms with van der Waals surface area (Å²) in [5.41, 5.74) is 1.68. The number of esters is 1. The minimum atomic E-state index is -0.617. The lowest BCUT2D eigenvalue weighted by molar-refractivity contribution is -0.145. The standard InChI is InChI=1S/C21H18ClNO5S/c1-2-27-19(24)12-23-20(25)18(29-21(23)26)11-15-4-3-5-17(10-15)28-13-14-6-8-16(22)9-7-14/h3-11H,2,12-13H2,1H3/b18-11-. The topological polar surface area (TPSA) is 72.9 Å². The molecule has 0 bridgehead atoms. The van der Waals surface area contributed by atoms with Crippen LogP contribution in [0.2, 0.25) is 5.02 Å². The van der Waals surface area contributed by atoms with Crippen LogP contribution in [0.5, 0.6) is 5.75 Å². The van der Waals surface area contributed by atoms with Crippen LogP contribution in [0.1, 0.15) is 18.1 Å². The van der Waals surface area contributed by atoms with Crippen molar-refractivity contribution in [3.63, 3.8) is 0 Å². The number of hydrogen-bond acceptors (Lipinski definition) is 6. The first-order chi connectivity index (χ1) is 14.0. The molecule has 0 atom stereocenters. The average molecular weight is 432 g/mol. The minimum absolute atomic E-state index is 0.188. The van der Waals surface area contributed by atoms with Crippen LogP contribution in [0.15, 0.2) is 53.4 Å². The molecule has 8 heteroatoms. The van der Waals surface area contributed by atoms with E-state index in [2.05, 4.69) is 0 Å². The lowest BCUT2D eigenvalue weighted by Crippen LogP contribution is -2.34. The summed E-state index contributed by atoms with van der Waals surface area (Å²) < 4.78 is 10.6. The monoisotopic (exact) mass is 431 g/mol. The van der Waals surface area contributed by atoms with Crippen LogP contribution >= 0.6 is 23.4 Å². The fourth-order valence-corrected chi connectivity index (χ4v) is 3.53. The molecule has 1 aliphatic rings. The van der Waals surface area contributed by atoms with Gasteiger partial charge in [0.15, 0.2) is 0 Å². The highest BCUT2D eigenvalue weighted by Crippen LogP contribution is 2.32. The Morgan fingerprint density at radius 2 is 1.93 bits per heavy atom. The zero-order valence-electron chi connectivity index (χ0n) is 15.6. The van der Waals surface area contributed by atoms with Crippen molar-refractivity contribution in [2.45, 2.75) is 13.5 Å². The highest BCUT2D eigenvalue weighted by atomic mass is 35.5.